The number of fused-ring (bicyclic) bond motifs is 7. The molecule has 0 spiro atoms. The maximum atomic E-state index is 6.55. The quantitative estimate of drug-likeness (QED) is 0.190. The summed E-state index contributed by atoms with van der Waals surface area (Å²) in [5.41, 5.74) is 11.3. The Labute approximate surface area is 282 Å². The molecule has 0 atom stereocenters. The van der Waals surface area contributed by atoms with Crippen molar-refractivity contribution in [3.05, 3.63) is 176 Å². The molecule has 0 unspecified atom stereocenters. The van der Waals surface area contributed by atoms with E-state index in [-0.39, 0.29) is 0 Å². The first-order chi connectivity index (χ1) is 24.3. The number of furan rings is 2. The van der Waals surface area contributed by atoms with E-state index in [4.69, 9.17) is 8.83 Å². The Balaban J connectivity index is 1.16. The molecule has 10 rings (SSSR count). The molecule has 0 saturated carbocycles. The van der Waals surface area contributed by atoms with Crippen LogP contribution in [-0.2, 0) is 0 Å². The summed E-state index contributed by atoms with van der Waals surface area (Å²) in [7, 11) is 0. The zero-order chi connectivity index (χ0) is 32.3. The minimum absolute atomic E-state index is 0.894. The second-order valence-corrected chi connectivity index (χ2v) is 12.5. The van der Waals surface area contributed by atoms with Crippen LogP contribution in [0.5, 0.6) is 0 Å². The first-order valence-corrected chi connectivity index (χ1v) is 16.6. The van der Waals surface area contributed by atoms with Gasteiger partial charge >= 0.3 is 0 Å². The summed E-state index contributed by atoms with van der Waals surface area (Å²) in [5, 5.41) is 6.88. The van der Waals surface area contributed by atoms with Gasteiger partial charge in [0.2, 0.25) is 0 Å². The normalized spacial score (nSPS) is 11.7. The Kier molecular flexibility index (Phi) is 6.18. The highest BCUT2D eigenvalue weighted by Crippen LogP contribution is 2.46. The van der Waals surface area contributed by atoms with Crippen LogP contribution in [-0.4, -0.2) is 0 Å². The van der Waals surface area contributed by atoms with E-state index in [2.05, 4.69) is 157 Å². The number of para-hydroxylation sites is 4. The fourth-order valence-electron chi connectivity index (χ4n) is 7.38. The van der Waals surface area contributed by atoms with E-state index in [1.165, 1.54) is 10.8 Å². The molecule has 3 nitrogen and oxygen atoms in total. The monoisotopic (exact) mass is 627 g/mol. The fourth-order valence-corrected chi connectivity index (χ4v) is 7.38. The third-order valence-electron chi connectivity index (χ3n) is 9.68. The molecule has 230 valence electrons. The molecule has 8 aromatic carbocycles. The molecule has 10 aromatic rings. The Bertz CT molecular complexity index is 2830. The summed E-state index contributed by atoms with van der Waals surface area (Å²) in [5.74, 6) is 0. The first-order valence-electron chi connectivity index (χ1n) is 16.6. The van der Waals surface area contributed by atoms with Gasteiger partial charge in [-0.15, -0.1) is 0 Å². The molecule has 2 aromatic heterocycles. The lowest BCUT2D eigenvalue weighted by Crippen LogP contribution is -2.11. The Morgan fingerprint density at radius 3 is 1.78 bits per heavy atom. The molecule has 0 amide bonds. The van der Waals surface area contributed by atoms with E-state index in [1.807, 2.05) is 24.3 Å². The number of benzene rings is 8. The van der Waals surface area contributed by atoms with Gasteiger partial charge in [0.15, 0.2) is 0 Å². The molecule has 0 radical (unpaired) electrons. The molecule has 0 saturated heterocycles. The van der Waals surface area contributed by atoms with Crippen LogP contribution in [0.1, 0.15) is 0 Å². The zero-order valence-corrected chi connectivity index (χ0v) is 26.5. The number of hydrogen-bond acceptors (Lipinski definition) is 3. The van der Waals surface area contributed by atoms with Crippen LogP contribution in [0.3, 0.4) is 0 Å². The van der Waals surface area contributed by atoms with Crippen molar-refractivity contribution in [3.8, 4) is 22.3 Å². The van der Waals surface area contributed by atoms with E-state index >= 15 is 0 Å². The van der Waals surface area contributed by atoms with Gasteiger partial charge in [-0.1, -0.05) is 127 Å². The van der Waals surface area contributed by atoms with Gasteiger partial charge in [-0.3, -0.25) is 0 Å². The van der Waals surface area contributed by atoms with Crippen molar-refractivity contribution in [1.82, 2.24) is 0 Å². The summed E-state index contributed by atoms with van der Waals surface area (Å²) in [6.45, 7) is 0. The van der Waals surface area contributed by atoms with Gasteiger partial charge in [0.25, 0.3) is 0 Å². The number of nitrogens with zero attached hydrogens (tertiary/aromatic N) is 1. The van der Waals surface area contributed by atoms with Gasteiger partial charge in [-0.25, -0.2) is 0 Å². The highest BCUT2D eigenvalue weighted by molar-refractivity contribution is 6.11. The molecular formula is C46H29NO2. The second-order valence-electron chi connectivity index (χ2n) is 12.5. The number of anilines is 3. The Hall–Kier alpha value is -6.58. The van der Waals surface area contributed by atoms with Crippen LogP contribution in [0.4, 0.5) is 17.1 Å². The van der Waals surface area contributed by atoms with Gasteiger partial charge in [-0.2, -0.15) is 0 Å². The highest BCUT2D eigenvalue weighted by Gasteiger charge is 2.21. The predicted octanol–water partition coefficient (Wildman–Crippen LogP) is 13.4. The topological polar surface area (TPSA) is 29.5 Å². The van der Waals surface area contributed by atoms with Crippen LogP contribution in [0, 0.1) is 0 Å². The third kappa shape index (κ3) is 4.44. The van der Waals surface area contributed by atoms with Crippen LogP contribution in [0.15, 0.2) is 185 Å². The molecule has 0 aliphatic carbocycles. The molecule has 49 heavy (non-hydrogen) atoms. The number of hydrogen-bond donors (Lipinski definition) is 0. The number of rotatable bonds is 5. The van der Waals surface area contributed by atoms with Crippen molar-refractivity contribution in [2.75, 3.05) is 4.90 Å². The zero-order valence-electron chi connectivity index (χ0n) is 26.5. The predicted molar refractivity (Wildman–Crippen MR) is 204 cm³/mol. The summed E-state index contributed by atoms with van der Waals surface area (Å²) in [6, 6.07) is 62.1. The lowest BCUT2D eigenvalue weighted by molar-refractivity contribution is 0.669. The smallest absolute Gasteiger partial charge is 0.143 e. The lowest BCUT2D eigenvalue weighted by Gasteiger charge is -2.29. The summed E-state index contributed by atoms with van der Waals surface area (Å²) >= 11 is 0. The van der Waals surface area contributed by atoms with Gasteiger partial charge in [0, 0.05) is 43.7 Å². The maximum Gasteiger partial charge on any atom is 0.143 e. The van der Waals surface area contributed by atoms with E-state index in [1.54, 1.807) is 0 Å². The average Bonchev–Trinajstić information content (AvgIpc) is 3.74. The van der Waals surface area contributed by atoms with E-state index in [0.717, 1.165) is 83.2 Å². The molecule has 0 fully saturated rings. The maximum absolute atomic E-state index is 6.55. The van der Waals surface area contributed by atoms with Crippen molar-refractivity contribution in [1.29, 1.82) is 0 Å². The van der Waals surface area contributed by atoms with Gasteiger partial charge in [0.1, 0.15) is 22.3 Å². The van der Waals surface area contributed by atoms with E-state index < -0.39 is 0 Å². The fraction of sp³-hybridized carbons (Fsp3) is 0. The van der Waals surface area contributed by atoms with E-state index in [0.29, 0.717) is 0 Å². The van der Waals surface area contributed by atoms with Gasteiger partial charge in [-0.05, 0) is 65.0 Å². The molecule has 0 aliphatic rings. The van der Waals surface area contributed by atoms with Crippen LogP contribution < -0.4 is 4.90 Å². The van der Waals surface area contributed by atoms with Crippen molar-refractivity contribution in [2.24, 2.45) is 0 Å². The molecule has 0 bridgehead atoms. The SMILES string of the molecule is c1ccc(N(c2ccc(-c3ccc4oc5ccccc5c4c3)cc2)c2cccc3ccccc23)c(-c2cccc3c2oc2ccccc23)c1. The Morgan fingerprint density at radius 1 is 0.347 bits per heavy atom. The second kappa shape index (κ2) is 11.0. The molecule has 0 aliphatic heterocycles. The van der Waals surface area contributed by atoms with Crippen LogP contribution in [0.2, 0.25) is 0 Å². The average molecular weight is 628 g/mol. The van der Waals surface area contributed by atoms with Gasteiger partial charge < -0.3 is 13.7 Å². The van der Waals surface area contributed by atoms with Crippen molar-refractivity contribution in [2.45, 2.75) is 0 Å². The van der Waals surface area contributed by atoms with E-state index in [9.17, 15) is 0 Å². The summed E-state index contributed by atoms with van der Waals surface area (Å²) < 4.78 is 12.7. The third-order valence-corrected chi connectivity index (χ3v) is 9.68. The van der Waals surface area contributed by atoms with Crippen molar-refractivity contribution in [3.63, 3.8) is 0 Å². The minimum atomic E-state index is 0.894. The first kappa shape index (κ1) is 27.5. The van der Waals surface area contributed by atoms with Crippen molar-refractivity contribution >= 4 is 71.7 Å². The summed E-state index contributed by atoms with van der Waals surface area (Å²) in [4.78, 5) is 2.38. The van der Waals surface area contributed by atoms with Crippen LogP contribution in [0.25, 0.3) is 76.9 Å². The Morgan fingerprint density at radius 2 is 0.918 bits per heavy atom. The molecular weight excluding hydrogens is 599 g/mol. The summed E-state index contributed by atoms with van der Waals surface area (Å²) in [6.07, 6.45) is 0. The molecule has 3 heteroatoms. The van der Waals surface area contributed by atoms with Crippen LogP contribution >= 0.6 is 0 Å². The highest BCUT2D eigenvalue weighted by atomic mass is 16.3. The van der Waals surface area contributed by atoms with Crippen molar-refractivity contribution < 1.29 is 8.83 Å². The van der Waals surface area contributed by atoms with Gasteiger partial charge in [0.05, 0.1) is 11.4 Å². The molecule has 0 N–H and O–H groups in total. The largest absolute Gasteiger partial charge is 0.456 e. The minimum Gasteiger partial charge on any atom is -0.456 e. The standard InChI is InChI=1S/C46H29NO2/c1-2-13-34-31(11-1)12-9-20-41(34)47(33-26-23-30(24-27-33)32-25-28-45-40(29-32)37-16-5-7-21-43(37)48-45)42-19-6-3-14-35(42)38-17-10-18-39-36-15-4-8-22-44(36)49-46(38)39/h1-29H. The molecule has 2 heterocycles. The lowest BCUT2D eigenvalue weighted by atomic mass is 9.98.